The molecule has 2 aromatic carbocycles. The summed E-state index contributed by atoms with van der Waals surface area (Å²) >= 11 is 0. The molecule has 0 atom stereocenters. The molecule has 1 N–H and O–H groups in total. The van der Waals surface area contributed by atoms with Crippen LogP contribution in [0.5, 0.6) is 5.75 Å². The molecule has 0 unspecified atom stereocenters. The predicted molar refractivity (Wildman–Crippen MR) is 96.5 cm³/mol. The van der Waals surface area contributed by atoms with Gasteiger partial charge in [0, 0.05) is 11.1 Å². The van der Waals surface area contributed by atoms with Crippen molar-refractivity contribution >= 4 is 11.0 Å². The van der Waals surface area contributed by atoms with Crippen molar-refractivity contribution in [3.63, 3.8) is 0 Å². The maximum absolute atomic E-state index is 12.2. The van der Waals surface area contributed by atoms with Crippen molar-refractivity contribution in [2.75, 3.05) is 0 Å². The fraction of sp³-hybridized carbons (Fsp3) is 0.150. The lowest BCUT2D eigenvalue weighted by Gasteiger charge is -2.08. The van der Waals surface area contributed by atoms with E-state index in [0.717, 1.165) is 33.5 Å². The van der Waals surface area contributed by atoms with Gasteiger partial charge in [-0.3, -0.25) is 0 Å². The maximum atomic E-state index is 12.2. The van der Waals surface area contributed by atoms with Gasteiger partial charge in [0.1, 0.15) is 28.8 Å². The Morgan fingerprint density at radius 1 is 1.07 bits per heavy atom. The van der Waals surface area contributed by atoms with Crippen LogP contribution in [0.25, 0.3) is 22.4 Å². The van der Waals surface area contributed by atoms with Crippen molar-refractivity contribution in [2.24, 2.45) is 0 Å². The van der Waals surface area contributed by atoms with E-state index in [-0.39, 0.29) is 5.75 Å². The Labute approximate surface area is 158 Å². The van der Waals surface area contributed by atoms with Crippen LogP contribution in [-0.2, 0) is 6.54 Å². The smallest absolute Gasteiger partial charge is 0.406 e. The van der Waals surface area contributed by atoms with Crippen LogP contribution in [0.2, 0.25) is 0 Å². The lowest BCUT2D eigenvalue weighted by atomic mass is 10.1. The Balaban J connectivity index is 1.56. The number of fused-ring (bicyclic) bond motifs is 1. The van der Waals surface area contributed by atoms with Gasteiger partial charge in [-0.1, -0.05) is 28.9 Å². The molecule has 4 rings (SSSR count). The summed E-state index contributed by atoms with van der Waals surface area (Å²) in [7, 11) is 0. The first-order valence-corrected chi connectivity index (χ1v) is 8.53. The topological polar surface area (TPSA) is 54.7 Å². The number of benzene rings is 2. The normalized spacial score (nSPS) is 11.7. The van der Waals surface area contributed by atoms with Gasteiger partial charge in [-0.05, 0) is 41.9 Å². The highest BCUT2D eigenvalue weighted by Gasteiger charge is 2.31. The molecule has 0 spiro atoms. The van der Waals surface area contributed by atoms with Crippen molar-refractivity contribution in [3.05, 3.63) is 72.1 Å². The van der Waals surface area contributed by atoms with Crippen LogP contribution >= 0.6 is 0 Å². The van der Waals surface area contributed by atoms with Crippen molar-refractivity contribution < 1.29 is 22.6 Å². The van der Waals surface area contributed by atoms with E-state index in [1.54, 1.807) is 23.0 Å². The molecule has 8 heteroatoms. The number of aromatic amines is 1. The van der Waals surface area contributed by atoms with Gasteiger partial charge in [-0.2, -0.15) is 0 Å². The van der Waals surface area contributed by atoms with Crippen molar-refractivity contribution in [3.8, 4) is 17.1 Å². The summed E-state index contributed by atoms with van der Waals surface area (Å²) in [6, 6.07) is 13.7. The molecule has 0 bridgehead atoms. The quantitative estimate of drug-likeness (QED) is 0.537. The minimum Gasteiger partial charge on any atom is -0.406 e. The fourth-order valence-corrected chi connectivity index (χ4v) is 2.94. The molecule has 142 valence electrons. The van der Waals surface area contributed by atoms with Crippen LogP contribution in [0.1, 0.15) is 11.1 Å². The minimum atomic E-state index is -4.70. The van der Waals surface area contributed by atoms with Crippen molar-refractivity contribution in [1.82, 2.24) is 15.1 Å². The molecule has 0 saturated carbocycles. The molecule has 0 radical (unpaired) electrons. The third-order valence-electron chi connectivity index (χ3n) is 4.27. The lowest BCUT2D eigenvalue weighted by molar-refractivity contribution is -0.745. The summed E-state index contributed by atoms with van der Waals surface area (Å²) in [4.78, 5) is 7.88. The molecule has 2 aromatic heterocycles. The van der Waals surface area contributed by atoms with Crippen LogP contribution in [0.3, 0.4) is 0 Å². The van der Waals surface area contributed by atoms with E-state index in [0.29, 0.717) is 6.54 Å². The first-order chi connectivity index (χ1) is 13.4. The van der Waals surface area contributed by atoms with Gasteiger partial charge in [0.25, 0.3) is 0 Å². The first kappa shape index (κ1) is 18.0. The molecular weight excluding hydrogens is 369 g/mol. The lowest BCUT2D eigenvalue weighted by Crippen LogP contribution is -2.37. The second kappa shape index (κ2) is 6.95. The van der Waals surface area contributed by atoms with E-state index < -0.39 is 6.36 Å². The molecule has 0 aliphatic rings. The number of nitrogens with one attached hydrogen (secondary N) is 1. The molecule has 28 heavy (non-hydrogen) atoms. The second-order valence-electron chi connectivity index (χ2n) is 6.36. The number of hydrogen-bond acceptors (Lipinski definition) is 3. The highest BCUT2D eigenvalue weighted by atomic mass is 19.4. The molecule has 4 aromatic rings. The van der Waals surface area contributed by atoms with Gasteiger partial charge in [0.15, 0.2) is 6.54 Å². The van der Waals surface area contributed by atoms with Crippen LogP contribution in [0.4, 0.5) is 13.2 Å². The zero-order valence-electron chi connectivity index (χ0n) is 14.9. The molecule has 0 aliphatic carbocycles. The van der Waals surface area contributed by atoms with E-state index in [1.807, 2.05) is 37.4 Å². The number of halogens is 3. The summed E-state index contributed by atoms with van der Waals surface area (Å²) in [6.45, 7) is 2.42. The molecule has 0 fully saturated rings. The number of H-pyrrole nitrogens is 1. The predicted octanol–water partition coefficient (Wildman–Crippen LogP) is 4.17. The summed E-state index contributed by atoms with van der Waals surface area (Å²) in [5.74, 6) is 0.516. The Bertz CT molecular complexity index is 1120. The number of aromatic nitrogens is 4. The third-order valence-corrected chi connectivity index (χ3v) is 4.27. The number of ether oxygens (including phenoxy) is 1. The summed E-state index contributed by atoms with van der Waals surface area (Å²) in [6.07, 6.45) is -1.21. The number of imidazole rings is 1. The standard InChI is InChI=1S/C20H15F3N4O/c1-13-4-2-3-5-16(13)19-25-17-10-24-27(12-18(17)26-19)11-14-6-8-15(9-7-14)28-20(21,22)23/h2-10,12H,11H2,1H3/p+1. The summed E-state index contributed by atoms with van der Waals surface area (Å²) in [5, 5.41) is 4.34. The fourth-order valence-electron chi connectivity index (χ4n) is 2.94. The van der Waals surface area contributed by atoms with Crippen LogP contribution in [-0.4, -0.2) is 21.4 Å². The van der Waals surface area contributed by atoms with E-state index in [9.17, 15) is 13.2 Å². The zero-order valence-corrected chi connectivity index (χ0v) is 14.9. The first-order valence-electron chi connectivity index (χ1n) is 8.53. The Morgan fingerprint density at radius 2 is 1.82 bits per heavy atom. The maximum Gasteiger partial charge on any atom is 0.573 e. The van der Waals surface area contributed by atoms with Gasteiger partial charge in [0.05, 0.1) is 0 Å². The highest BCUT2D eigenvalue weighted by Crippen LogP contribution is 2.23. The number of alkyl halides is 3. The molecule has 0 saturated heterocycles. The van der Waals surface area contributed by atoms with Gasteiger partial charge in [-0.15, -0.1) is 13.2 Å². The second-order valence-corrected chi connectivity index (χ2v) is 6.36. The largest absolute Gasteiger partial charge is 0.573 e. The molecular formula is C20H16F3N4O+. The van der Waals surface area contributed by atoms with Crippen LogP contribution in [0, 0.1) is 6.92 Å². The number of hydrogen-bond donors (Lipinski definition) is 1. The van der Waals surface area contributed by atoms with Gasteiger partial charge < -0.3 is 9.72 Å². The third kappa shape index (κ3) is 3.95. The van der Waals surface area contributed by atoms with Gasteiger partial charge in [0.2, 0.25) is 6.20 Å². The van der Waals surface area contributed by atoms with Crippen molar-refractivity contribution in [1.29, 1.82) is 0 Å². The molecule has 0 aliphatic heterocycles. The van der Waals surface area contributed by atoms with E-state index in [1.165, 1.54) is 12.1 Å². The van der Waals surface area contributed by atoms with Crippen LogP contribution < -0.4 is 9.42 Å². The van der Waals surface area contributed by atoms with Crippen molar-refractivity contribution in [2.45, 2.75) is 19.8 Å². The SMILES string of the molecule is Cc1ccccc1-c1nc2cn[n+](Cc3ccc(OC(F)(F)F)cc3)cc2[nH]1. The van der Waals surface area contributed by atoms with E-state index in [2.05, 4.69) is 19.8 Å². The Hall–Kier alpha value is -3.42. The average molecular weight is 385 g/mol. The Morgan fingerprint density at radius 3 is 2.54 bits per heavy atom. The molecule has 2 heterocycles. The number of nitrogens with zero attached hydrogens (tertiary/aromatic N) is 3. The number of aryl methyl sites for hydroxylation is 1. The summed E-state index contributed by atoms with van der Waals surface area (Å²) in [5.41, 5.74) is 4.49. The zero-order chi connectivity index (χ0) is 19.7. The average Bonchev–Trinajstić information content (AvgIpc) is 3.05. The highest BCUT2D eigenvalue weighted by molar-refractivity contribution is 5.77. The number of rotatable bonds is 4. The minimum absolute atomic E-state index is 0.249. The molecule has 0 amide bonds. The monoisotopic (exact) mass is 385 g/mol. The van der Waals surface area contributed by atoms with E-state index >= 15 is 0 Å². The van der Waals surface area contributed by atoms with Gasteiger partial charge in [-0.25, -0.2) is 4.98 Å². The molecule has 5 nitrogen and oxygen atoms in total. The Kier molecular flexibility index (Phi) is 4.46. The van der Waals surface area contributed by atoms with E-state index in [4.69, 9.17) is 0 Å². The summed E-state index contributed by atoms with van der Waals surface area (Å²) < 4.78 is 42.3. The van der Waals surface area contributed by atoms with Gasteiger partial charge >= 0.3 is 6.36 Å². The van der Waals surface area contributed by atoms with Crippen LogP contribution in [0.15, 0.2) is 60.9 Å².